The van der Waals surface area contributed by atoms with Gasteiger partial charge < -0.3 is 5.32 Å². The minimum Gasteiger partial charge on any atom is -0.367 e. The molecule has 1 aromatic heterocycles. The molecule has 1 aromatic rings. The molecule has 70 valence electrons. The summed E-state index contributed by atoms with van der Waals surface area (Å²) in [5, 5.41) is 13.4. The van der Waals surface area contributed by atoms with Crippen LogP contribution in [0.5, 0.6) is 0 Å². The Labute approximate surface area is 92.8 Å². The maximum absolute atomic E-state index is 10.5. The van der Waals surface area contributed by atoms with E-state index in [0.717, 1.165) is 0 Å². The summed E-state index contributed by atoms with van der Waals surface area (Å²) in [4.78, 5) is 13.8. The average molecular weight is 313 g/mol. The monoisotopic (exact) mass is 313 g/mol. The van der Waals surface area contributed by atoms with E-state index in [0.29, 0.717) is 3.57 Å². The molecule has 0 radical (unpaired) electrons. The van der Waals surface area contributed by atoms with Crippen molar-refractivity contribution in [3.05, 3.63) is 24.9 Å². The highest BCUT2D eigenvalue weighted by molar-refractivity contribution is 14.1. The van der Waals surface area contributed by atoms with Crippen LogP contribution < -0.4 is 5.32 Å². The van der Waals surface area contributed by atoms with Gasteiger partial charge in [0.1, 0.15) is 5.15 Å². The molecule has 0 atom stereocenters. The number of pyridine rings is 1. The average Bonchev–Trinajstić information content (AvgIpc) is 2.08. The van der Waals surface area contributed by atoms with E-state index >= 15 is 0 Å². The van der Waals surface area contributed by atoms with Crippen LogP contribution >= 0.6 is 34.2 Å². The highest BCUT2D eigenvalue weighted by Crippen LogP contribution is 2.27. The summed E-state index contributed by atoms with van der Waals surface area (Å²) in [6.45, 7) is 0. The molecule has 5 nitrogen and oxygen atoms in total. The Hall–Kier alpha value is -0.630. The van der Waals surface area contributed by atoms with Gasteiger partial charge in [0.25, 0.3) is 0 Å². The first-order valence-corrected chi connectivity index (χ1v) is 4.70. The first-order valence-electron chi connectivity index (χ1n) is 3.24. The third-order valence-electron chi connectivity index (χ3n) is 1.35. The fraction of sp³-hybridized carbons (Fsp3) is 0.167. The number of rotatable bonds is 2. The fourth-order valence-corrected chi connectivity index (χ4v) is 1.33. The molecule has 0 spiro atoms. The van der Waals surface area contributed by atoms with Gasteiger partial charge in [0.2, 0.25) is 5.82 Å². The molecular weight excluding hydrogens is 308 g/mol. The molecule has 0 amide bonds. The topological polar surface area (TPSA) is 68.1 Å². The fourth-order valence-electron chi connectivity index (χ4n) is 0.780. The minimum absolute atomic E-state index is 0.0729. The molecule has 0 aliphatic rings. The van der Waals surface area contributed by atoms with Gasteiger partial charge in [-0.3, -0.25) is 10.1 Å². The lowest BCUT2D eigenvalue weighted by atomic mass is 10.4. The molecule has 0 aliphatic carbocycles. The maximum atomic E-state index is 10.5. The van der Waals surface area contributed by atoms with Gasteiger partial charge in [0.05, 0.1) is 8.49 Å². The summed E-state index contributed by atoms with van der Waals surface area (Å²) in [6, 6.07) is 1.38. The second kappa shape index (κ2) is 4.05. The van der Waals surface area contributed by atoms with Crippen molar-refractivity contribution in [3.8, 4) is 0 Å². The van der Waals surface area contributed by atoms with Crippen LogP contribution in [-0.2, 0) is 0 Å². The Morgan fingerprint density at radius 1 is 1.77 bits per heavy atom. The van der Waals surface area contributed by atoms with Crippen LogP contribution in [0.15, 0.2) is 6.07 Å². The Morgan fingerprint density at radius 3 is 2.85 bits per heavy atom. The number of nitro groups is 1. The molecule has 13 heavy (non-hydrogen) atoms. The van der Waals surface area contributed by atoms with E-state index in [9.17, 15) is 10.1 Å². The number of hydrogen-bond acceptors (Lipinski definition) is 4. The first-order chi connectivity index (χ1) is 6.06. The Morgan fingerprint density at radius 2 is 2.38 bits per heavy atom. The molecular formula is C6H5ClIN3O2. The summed E-state index contributed by atoms with van der Waals surface area (Å²) in [5.41, 5.74) is -0.0729. The van der Waals surface area contributed by atoms with Crippen LogP contribution in [0.2, 0.25) is 5.15 Å². The lowest BCUT2D eigenvalue weighted by Gasteiger charge is -2.02. The van der Waals surface area contributed by atoms with Crippen molar-refractivity contribution >= 4 is 45.7 Å². The second-order valence-electron chi connectivity index (χ2n) is 2.14. The van der Waals surface area contributed by atoms with E-state index in [2.05, 4.69) is 10.3 Å². The predicted molar refractivity (Wildman–Crippen MR) is 58.2 cm³/mol. The molecule has 7 heteroatoms. The van der Waals surface area contributed by atoms with Crippen LogP contribution in [0.25, 0.3) is 0 Å². The summed E-state index contributed by atoms with van der Waals surface area (Å²) in [6.07, 6.45) is 0. The number of nitrogens with zero attached hydrogens (tertiary/aromatic N) is 2. The zero-order valence-electron chi connectivity index (χ0n) is 6.54. The van der Waals surface area contributed by atoms with Gasteiger partial charge in [-0.15, -0.1) is 0 Å². The quantitative estimate of drug-likeness (QED) is 0.394. The van der Waals surface area contributed by atoms with Gasteiger partial charge in [-0.05, 0) is 22.6 Å². The molecule has 0 saturated heterocycles. The Kier molecular flexibility index (Phi) is 3.26. The summed E-state index contributed by atoms with van der Waals surface area (Å²) < 4.78 is 0.560. The molecule has 0 aliphatic heterocycles. The Bertz CT molecular complexity index is 358. The number of anilines is 1. The summed E-state index contributed by atoms with van der Waals surface area (Å²) in [5.74, 6) is 0.176. The van der Waals surface area contributed by atoms with Crippen molar-refractivity contribution in [1.29, 1.82) is 0 Å². The molecule has 0 saturated carbocycles. The predicted octanol–water partition coefficient (Wildman–Crippen LogP) is 2.29. The van der Waals surface area contributed by atoms with Crippen LogP contribution in [0, 0.1) is 13.7 Å². The summed E-state index contributed by atoms with van der Waals surface area (Å²) >= 11 is 7.58. The van der Waals surface area contributed by atoms with Crippen molar-refractivity contribution in [3.63, 3.8) is 0 Å². The lowest BCUT2D eigenvalue weighted by Crippen LogP contribution is -2.00. The van der Waals surface area contributed by atoms with Crippen LogP contribution in [-0.4, -0.2) is 17.0 Å². The van der Waals surface area contributed by atoms with E-state index in [1.54, 1.807) is 7.05 Å². The first kappa shape index (κ1) is 10.5. The van der Waals surface area contributed by atoms with Crippen molar-refractivity contribution in [2.24, 2.45) is 0 Å². The third-order valence-corrected chi connectivity index (χ3v) is 2.78. The number of hydrogen-bond donors (Lipinski definition) is 1. The molecule has 0 unspecified atom stereocenters. The smallest absolute Gasteiger partial charge is 0.312 e. The standard InChI is InChI=1S/C6H5ClIN3O2/c1-9-6-4(11(12)13)2-3(8)5(7)10-6/h2H,1H3,(H,9,10). The van der Waals surface area contributed by atoms with Crippen molar-refractivity contribution in [2.75, 3.05) is 12.4 Å². The van der Waals surface area contributed by atoms with Gasteiger partial charge in [-0.1, -0.05) is 11.6 Å². The van der Waals surface area contributed by atoms with Crippen LogP contribution in [0.3, 0.4) is 0 Å². The SMILES string of the molecule is CNc1nc(Cl)c(I)cc1[N+](=O)[O-]. The van der Waals surface area contributed by atoms with E-state index in [1.807, 2.05) is 22.6 Å². The van der Waals surface area contributed by atoms with Gasteiger partial charge >= 0.3 is 5.69 Å². The normalized spacial score (nSPS) is 9.77. The van der Waals surface area contributed by atoms with Gasteiger partial charge in [0, 0.05) is 13.1 Å². The van der Waals surface area contributed by atoms with Crippen LogP contribution in [0.4, 0.5) is 11.5 Å². The largest absolute Gasteiger partial charge is 0.367 e. The van der Waals surface area contributed by atoms with Crippen molar-refractivity contribution in [2.45, 2.75) is 0 Å². The summed E-state index contributed by atoms with van der Waals surface area (Å²) in [7, 11) is 1.55. The molecule has 1 heterocycles. The number of nitrogens with one attached hydrogen (secondary N) is 1. The van der Waals surface area contributed by atoms with E-state index in [1.165, 1.54) is 6.07 Å². The zero-order valence-corrected chi connectivity index (χ0v) is 9.46. The van der Waals surface area contributed by atoms with Crippen molar-refractivity contribution < 1.29 is 4.92 Å². The molecule has 0 fully saturated rings. The highest BCUT2D eigenvalue weighted by atomic mass is 127. The Balaban J connectivity index is 3.33. The number of halogens is 2. The maximum Gasteiger partial charge on any atom is 0.312 e. The zero-order chi connectivity index (χ0) is 10.0. The van der Waals surface area contributed by atoms with Gasteiger partial charge in [-0.25, -0.2) is 4.98 Å². The van der Waals surface area contributed by atoms with Crippen LogP contribution in [0.1, 0.15) is 0 Å². The van der Waals surface area contributed by atoms with E-state index < -0.39 is 4.92 Å². The third kappa shape index (κ3) is 2.19. The number of aromatic nitrogens is 1. The van der Waals surface area contributed by atoms with Gasteiger partial charge in [-0.2, -0.15) is 0 Å². The molecule has 1 rings (SSSR count). The molecule has 1 N–H and O–H groups in total. The highest BCUT2D eigenvalue weighted by Gasteiger charge is 2.16. The van der Waals surface area contributed by atoms with E-state index in [-0.39, 0.29) is 16.7 Å². The van der Waals surface area contributed by atoms with E-state index in [4.69, 9.17) is 11.6 Å². The second-order valence-corrected chi connectivity index (χ2v) is 3.66. The lowest BCUT2D eigenvalue weighted by molar-refractivity contribution is -0.384. The van der Waals surface area contributed by atoms with Gasteiger partial charge in [0.15, 0.2) is 0 Å². The molecule has 0 bridgehead atoms. The van der Waals surface area contributed by atoms with Crippen molar-refractivity contribution in [1.82, 2.24) is 4.98 Å². The molecule has 0 aromatic carbocycles. The minimum atomic E-state index is -0.503.